The van der Waals surface area contributed by atoms with E-state index in [2.05, 4.69) is 78.9 Å². The van der Waals surface area contributed by atoms with Crippen molar-refractivity contribution in [2.45, 2.75) is 0 Å². The molecule has 0 bridgehead atoms. The molecule has 10 heteroatoms. The van der Waals surface area contributed by atoms with Crippen LogP contribution in [0.3, 0.4) is 0 Å². The van der Waals surface area contributed by atoms with Gasteiger partial charge >= 0.3 is 184 Å². The number of hydrogen-bond donors (Lipinski definition) is 0. The summed E-state index contributed by atoms with van der Waals surface area (Å²) < 4.78 is 65.1. The molecule has 0 radical (unpaired) electrons. The van der Waals surface area contributed by atoms with Crippen LogP contribution in [0.2, 0.25) is 0 Å². The average molecular weight is 559 g/mol. The Morgan fingerprint density at radius 3 is 1.54 bits per heavy atom. The van der Waals surface area contributed by atoms with Crippen molar-refractivity contribution >= 4 is 34.5 Å². The Hall–Kier alpha value is -2.36. The molecular weight excluding hydrogens is 530 g/mol. The zero-order chi connectivity index (χ0) is 25.4. The van der Waals surface area contributed by atoms with Crippen LogP contribution in [0.15, 0.2) is 84.9 Å². The van der Waals surface area contributed by atoms with Gasteiger partial charge in [0.25, 0.3) is 0 Å². The Labute approximate surface area is 208 Å². The summed E-state index contributed by atoms with van der Waals surface area (Å²) in [6.45, 7) is 3.36. The van der Waals surface area contributed by atoms with Crippen molar-refractivity contribution in [3.63, 3.8) is 0 Å². The van der Waals surface area contributed by atoms with Gasteiger partial charge in [0.15, 0.2) is 0 Å². The van der Waals surface area contributed by atoms with Crippen molar-refractivity contribution in [2.75, 3.05) is 46.8 Å². The Balaban J connectivity index is 0.000000784. The van der Waals surface area contributed by atoms with Crippen LogP contribution in [0.25, 0.3) is 0 Å². The van der Waals surface area contributed by atoms with E-state index in [9.17, 15) is 17.3 Å². The first-order chi connectivity index (χ1) is 16.9. The van der Waals surface area contributed by atoms with Gasteiger partial charge in [-0.05, 0) is 0 Å². The molecule has 3 rings (SSSR count). The summed E-state index contributed by atoms with van der Waals surface area (Å²) in [5.41, 5.74) is 0. The summed E-state index contributed by atoms with van der Waals surface area (Å²) in [5, 5.41) is 0. The second-order valence-corrected chi connectivity index (χ2v) is 11.1. The molecule has 0 heterocycles. The number of methoxy groups -OCH3 is 1. The van der Waals surface area contributed by atoms with Crippen LogP contribution in [0.4, 0.5) is 17.3 Å². The standard InChI is InChI=1S/C25H29O4Se.BF4/c1-26-16-17-27-18-19-28-20-21-29-24-14-8-9-15-25(24)30(22-10-4-2-5-11-22)23-12-6-3-7-13-23;2-1(3,4)5/h2-15H,16-21H2,1H3;/q+1;-1. The molecule has 0 aliphatic rings. The molecule has 0 saturated heterocycles. The third-order valence-electron chi connectivity index (χ3n) is 4.32. The quantitative estimate of drug-likeness (QED) is 0.183. The van der Waals surface area contributed by atoms with Gasteiger partial charge < -0.3 is 17.3 Å². The molecule has 3 aromatic rings. The van der Waals surface area contributed by atoms with Crippen molar-refractivity contribution in [3.8, 4) is 5.75 Å². The molecule has 3 aromatic carbocycles. The Bertz CT molecular complexity index is 903. The van der Waals surface area contributed by atoms with E-state index < -0.39 is 21.2 Å². The fraction of sp³-hybridized carbons (Fsp3) is 0.280. The Morgan fingerprint density at radius 2 is 1.03 bits per heavy atom. The van der Waals surface area contributed by atoms with Gasteiger partial charge in [0.05, 0.1) is 0 Å². The predicted molar refractivity (Wildman–Crippen MR) is 133 cm³/mol. The van der Waals surface area contributed by atoms with Gasteiger partial charge in [0, 0.05) is 7.11 Å². The van der Waals surface area contributed by atoms with Crippen LogP contribution < -0.4 is 18.1 Å². The van der Waals surface area contributed by atoms with Crippen molar-refractivity contribution in [2.24, 2.45) is 0 Å². The molecule has 0 aliphatic carbocycles. The van der Waals surface area contributed by atoms with Crippen LogP contribution >= 0.6 is 0 Å². The number of halogens is 4. The summed E-state index contributed by atoms with van der Waals surface area (Å²) in [4.78, 5) is 0. The average Bonchev–Trinajstić information content (AvgIpc) is 2.84. The SMILES string of the molecule is COCCOCCOCCOc1ccccc1[Se+](c1ccccc1)c1ccccc1.F[B-](F)(F)F. The second kappa shape index (κ2) is 16.3. The van der Waals surface area contributed by atoms with E-state index in [0.717, 1.165) is 5.75 Å². The first-order valence-electron chi connectivity index (χ1n) is 11.0. The Morgan fingerprint density at radius 1 is 0.600 bits per heavy atom. The number of benzene rings is 3. The summed E-state index contributed by atoms with van der Waals surface area (Å²) >= 11 is -1.45. The fourth-order valence-electron chi connectivity index (χ4n) is 2.92. The maximum atomic E-state index is 9.75. The van der Waals surface area contributed by atoms with Crippen LogP contribution in [0, 0.1) is 0 Å². The molecule has 0 amide bonds. The normalized spacial score (nSPS) is 11.1. The minimum Gasteiger partial charge on any atom is -0.418 e. The molecule has 0 aliphatic heterocycles. The minimum atomic E-state index is -6.00. The van der Waals surface area contributed by atoms with Crippen molar-refractivity contribution < 1.29 is 36.2 Å². The number of hydrogen-bond acceptors (Lipinski definition) is 4. The third kappa shape index (κ3) is 12.3. The van der Waals surface area contributed by atoms with E-state index in [1.54, 1.807) is 7.11 Å². The van der Waals surface area contributed by atoms with Crippen molar-refractivity contribution in [1.82, 2.24) is 0 Å². The smallest absolute Gasteiger partial charge is 0.418 e. The number of rotatable bonds is 13. The van der Waals surface area contributed by atoms with Gasteiger partial charge in [-0.3, -0.25) is 0 Å². The molecule has 0 atom stereocenters. The van der Waals surface area contributed by atoms with Gasteiger partial charge in [0.1, 0.15) is 0 Å². The monoisotopic (exact) mass is 560 g/mol. The predicted octanol–water partition coefficient (Wildman–Crippen LogP) is 3.56. The second-order valence-electron chi connectivity index (χ2n) is 6.94. The van der Waals surface area contributed by atoms with Crippen LogP contribution in [0.5, 0.6) is 5.75 Å². The maximum absolute atomic E-state index is 9.75. The van der Waals surface area contributed by atoms with Crippen LogP contribution in [-0.2, 0) is 14.2 Å². The maximum Gasteiger partial charge on any atom is 0.673 e. The first kappa shape index (κ1) is 28.9. The molecule has 0 fully saturated rings. The van der Waals surface area contributed by atoms with E-state index in [1.807, 2.05) is 6.07 Å². The zero-order valence-electron chi connectivity index (χ0n) is 19.5. The van der Waals surface area contributed by atoms with E-state index in [4.69, 9.17) is 18.9 Å². The molecule has 0 spiro atoms. The molecule has 0 aromatic heterocycles. The van der Waals surface area contributed by atoms with E-state index in [0.29, 0.717) is 39.6 Å². The molecule has 190 valence electrons. The van der Waals surface area contributed by atoms with Gasteiger partial charge in [-0.25, -0.2) is 0 Å². The third-order valence-corrected chi connectivity index (χ3v) is 9.07. The molecule has 0 N–H and O–H groups in total. The molecule has 4 nitrogen and oxygen atoms in total. The fourth-order valence-corrected chi connectivity index (χ4v) is 7.49. The van der Waals surface area contributed by atoms with Crippen molar-refractivity contribution in [1.29, 1.82) is 0 Å². The van der Waals surface area contributed by atoms with E-state index in [1.165, 1.54) is 13.4 Å². The van der Waals surface area contributed by atoms with E-state index >= 15 is 0 Å². The van der Waals surface area contributed by atoms with Crippen LogP contribution in [0.1, 0.15) is 0 Å². The minimum absolute atomic E-state index is 0.511. The van der Waals surface area contributed by atoms with Gasteiger partial charge in [-0.1, -0.05) is 0 Å². The molecular formula is C25H29BF4O4Se. The number of para-hydroxylation sites is 1. The van der Waals surface area contributed by atoms with Gasteiger partial charge in [0.2, 0.25) is 0 Å². The first-order valence-corrected chi connectivity index (χ1v) is 13.5. The van der Waals surface area contributed by atoms with Crippen molar-refractivity contribution in [3.05, 3.63) is 84.9 Å². The van der Waals surface area contributed by atoms with Crippen LogP contribution in [-0.4, -0.2) is 67.9 Å². The van der Waals surface area contributed by atoms with Gasteiger partial charge in [-0.15, -0.1) is 0 Å². The zero-order valence-corrected chi connectivity index (χ0v) is 21.2. The Kier molecular flexibility index (Phi) is 13.5. The topological polar surface area (TPSA) is 36.9 Å². The molecule has 0 unspecified atom stereocenters. The summed E-state index contributed by atoms with van der Waals surface area (Å²) in [6, 6.07) is 29.9. The summed E-state index contributed by atoms with van der Waals surface area (Å²) in [7, 11) is -4.34. The summed E-state index contributed by atoms with van der Waals surface area (Å²) in [6.07, 6.45) is 0. The number of ether oxygens (including phenoxy) is 4. The van der Waals surface area contributed by atoms with Gasteiger partial charge in [-0.2, -0.15) is 0 Å². The summed E-state index contributed by atoms with van der Waals surface area (Å²) in [5.74, 6) is 0.940. The molecule has 0 saturated carbocycles. The molecule has 35 heavy (non-hydrogen) atoms. The largest absolute Gasteiger partial charge is 0.673 e. The van der Waals surface area contributed by atoms with E-state index in [-0.39, 0.29) is 0 Å².